The lowest BCUT2D eigenvalue weighted by Gasteiger charge is -2.31. The first kappa shape index (κ1) is 18.8. The summed E-state index contributed by atoms with van der Waals surface area (Å²) < 4.78 is 5.14. The van der Waals surface area contributed by atoms with Crippen molar-refractivity contribution in [1.29, 1.82) is 0 Å². The van der Waals surface area contributed by atoms with E-state index in [1.807, 2.05) is 11.8 Å². The Labute approximate surface area is 125 Å². The van der Waals surface area contributed by atoms with Crippen LogP contribution in [0.25, 0.3) is 0 Å². The summed E-state index contributed by atoms with van der Waals surface area (Å²) >= 11 is 5.17. The normalized spacial score (nSPS) is 11.8. The first-order valence-electron chi connectivity index (χ1n) is 6.78. The van der Waals surface area contributed by atoms with Crippen LogP contribution in [0.15, 0.2) is 0 Å². The summed E-state index contributed by atoms with van der Waals surface area (Å²) in [7, 11) is 0. The molecule has 0 fully saturated rings. The predicted octanol–water partition coefficient (Wildman–Crippen LogP) is 0.953. The van der Waals surface area contributed by atoms with Gasteiger partial charge in [0.25, 0.3) is 0 Å². The van der Waals surface area contributed by atoms with Gasteiger partial charge in [-0.15, -0.1) is 0 Å². The molecule has 0 rings (SSSR count). The molecule has 0 radical (unpaired) electrons. The van der Waals surface area contributed by atoms with E-state index in [4.69, 9.17) is 27.8 Å². The van der Waals surface area contributed by atoms with Gasteiger partial charge in [-0.2, -0.15) is 0 Å². The van der Waals surface area contributed by atoms with Crippen molar-refractivity contribution in [3.05, 3.63) is 0 Å². The third-order valence-corrected chi connectivity index (χ3v) is 3.05. The van der Waals surface area contributed by atoms with Gasteiger partial charge < -0.3 is 20.5 Å². The van der Waals surface area contributed by atoms with Crippen LogP contribution >= 0.6 is 12.2 Å². The van der Waals surface area contributed by atoms with Gasteiger partial charge in [-0.1, -0.05) is 25.6 Å². The van der Waals surface area contributed by atoms with E-state index in [0.29, 0.717) is 24.4 Å². The first-order valence-corrected chi connectivity index (χ1v) is 7.19. The van der Waals surface area contributed by atoms with Crippen molar-refractivity contribution >= 4 is 29.1 Å². The summed E-state index contributed by atoms with van der Waals surface area (Å²) in [4.78, 5) is 24.3. The van der Waals surface area contributed by atoms with Crippen LogP contribution < -0.4 is 5.73 Å². The number of nitrogens with zero attached hydrogens (tertiary/aromatic N) is 1. The largest absolute Gasteiger partial charge is 0.440 e. The molecule has 20 heavy (non-hydrogen) atoms. The van der Waals surface area contributed by atoms with Crippen molar-refractivity contribution in [2.24, 2.45) is 5.73 Å². The summed E-state index contributed by atoms with van der Waals surface area (Å²) in [5.74, 6) is -0.956. The summed E-state index contributed by atoms with van der Waals surface area (Å²) in [6.45, 7) is 3.66. The molecule has 0 aromatic heterocycles. The number of carbonyl (C=O) groups is 2. The molecule has 0 aliphatic rings. The average Bonchev–Trinajstić information content (AvgIpc) is 2.39. The average molecular weight is 304 g/mol. The Kier molecular flexibility index (Phi) is 9.92. The highest BCUT2D eigenvalue weighted by molar-refractivity contribution is 7.80. The van der Waals surface area contributed by atoms with E-state index in [-0.39, 0.29) is 5.91 Å². The summed E-state index contributed by atoms with van der Waals surface area (Å²) in [6, 6.07) is 0. The van der Waals surface area contributed by atoms with Gasteiger partial charge in [0.05, 0.1) is 4.99 Å². The number of nitrogens with two attached hydrogens (primary N) is 1. The SMILES string of the molecule is CCC(OC(=O)CO)N(CCCCCC(N)=O)C(C)=S. The Morgan fingerprint density at radius 2 is 2.00 bits per heavy atom. The highest BCUT2D eigenvalue weighted by Gasteiger charge is 2.20. The lowest BCUT2D eigenvalue weighted by Crippen LogP contribution is -2.41. The molecule has 116 valence electrons. The summed E-state index contributed by atoms with van der Waals surface area (Å²) in [5, 5.41) is 8.73. The van der Waals surface area contributed by atoms with Crippen LogP contribution in [-0.4, -0.2) is 46.3 Å². The van der Waals surface area contributed by atoms with E-state index in [2.05, 4.69) is 0 Å². The number of amides is 1. The van der Waals surface area contributed by atoms with Crippen LogP contribution in [0.3, 0.4) is 0 Å². The second kappa shape index (κ2) is 10.6. The second-order valence-corrected chi connectivity index (χ2v) is 5.09. The maximum atomic E-state index is 11.2. The third-order valence-electron chi connectivity index (χ3n) is 2.82. The molecule has 0 aromatic carbocycles. The molecule has 1 unspecified atom stereocenters. The minimum atomic E-state index is -0.660. The number of esters is 1. The van der Waals surface area contributed by atoms with E-state index in [0.717, 1.165) is 19.3 Å². The van der Waals surface area contributed by atoms with Gasteiger partial charge in [0.2, 0.25) is 5.91 Å². The molecule has 7 heteroatoms. The summed E-state index contributed by atoms with van der Waals surface area (Å²) in [5.41, 5.74) is 5.07. The van der Waals surface area contributed by atoms with Crippen LogP contribution in [0.1, 0.15) is 46.0 Å². The van der Waals surface area contributed by atoms with Gasteiger partial charge in [-0.25, -0.2) is 4.79 Å². The van der Waals surface area contributed by atoms with Crippen LogP contribution in [0, 0.1) is 0 Å². The molecule has 3 N–H and O–H groups in total. The molecule has 0 saturated carbocycles. The van der Waals surface area contributed by atoms with E-state index in [1.54, 1.807) is 6.92 Å². The highest BCUT2D eigenvalue weighted by atomic mass is 32.1. The fraction of sp³-hybridized carbons (Fsp3) is 0.769. The molecule has 1 amide bonds. The molecule has 1 atom stereocenters. The fourth-order valence-corrected chi connectivity index (χ4v) is 2.03. The minimum absolute atomic E-state index is 0.295. The van der Waals surface area contributed by atoms with Crippen molar-refractivity contribution < 1.29 is 19.4 Å². The standard InChI is InChI=1S/C13H24N2O4S/c1-3-12(19-13(18)9-16)15(10(2)20)8-6-4-5-7-11(14)17/h12,16H,3-9H2,1-2H3,(H2,14,17). The maximum absolute atomic E-state index is 11.2. The number of hydrogen-bond donors (Lipinski definition) is 2. The number of thiocarbonyl (C=S) groups is 1. The van der Waals surface area contributed by atoms with Crippen molar-refractivity contribution in [1.82, 2.24) is 4.90 Å². The zero-order chi connectivity index (χ0) is 15.5. The first-order chi connectivity index (χ1) is 9.42. The van der Waals surface area contributed by atoms with Crippen LogP contribution in [0.2, 0.25) is 0 Å². The smallest absolute Gasteiger partial charge is 0.333 e. The topological polar surface area (TPSA) is 92.9 Å². The Hall–Kier alpha value is -1.21. The molecular weight excluding hydrogens is 280 g/mol. The zero-order valence-electron chi connectivity index (χ0n) is 12.1. The molecule has 0 spiro atoms. The number of aliphatic hydroxyl groups is 1. The molecular formula is C13H24N2O4S. The fourth-order valence-electron chi connectivity index (χ4n) is 1.82. The second-order valence-electron chi connectivity index (χ2n) is 4.50. The van der Waals surface area contributed by atoms with E-state index < -0.39 is 18.8 Å². The van der Waals surface area contributed by atoms with Gasteiger partial charge >= 0.3 is 5.97 Å². The van der Waals surface area contributed by atoms with Crippen molar-refractivity contribution in [3.8, 4) is 0 Å². The predicted molar refractivity (Wildman–Crippen MR) is 79.9 cm³/mol. The lowest BCUT2D eigenvalue weighted by molar-refractivity contribution is -0.159. The molecule has 0 bridgehead atoms. The van der Waals surface area contributed by atoms with Gasteiger partial charge in [0.1, 0.15) is 6.61 Å². The minimum Gasteiger partial charge on any atom is -0.440 e. The number of aliphatic hydroxyl groups excluding tert-OH is 1. The Balaban J connectivity index is 4.28. The zero-order valence-corrected chi connectivity index (χ0v) is 12.9. The van der Waals surface area contributed by atoms with E-state index in [9.17, 15) is 9.59 Å². The monoisotopic (exact) mass is 304 g/mol. The maximum Gasteiger partial charge on any atom is 0.333 e. The number of primary amides is 1. The molecule has 0 heterocycles. The molecule has 6 nitrogen and oxygen atoms in total. The molecule has 0 aliphatic carbocycles. The number of ether oxygens (including phenoxy) is 1. The molecule has 0 aliphatic heterocycles. The van der Waals surface area contributed by atoms with Gasteiger partial charge in [0.15, 0.2) is 6.23 Å². The number of hydrogen-bond acceptors (Lipinski definition) is 5. The van der Waals surface area contributed by atoms with Crippen LogP contribution in [0.4, 0.5) is 0 Å². The Morgan fingerprint density at radius 1 is 1.35 bits per heavy atom. The van der Waals surface area contributed by atoms with Gasteiger partial charge in [-0.05, 0) is 19.8 Å². The Morgan fingerprint density at radius 3 is 2.45 bits per heavy atom. The summed E-state index contributed by atoms with van der Waals surface area (Å²) in [6.07, 6.45) is 2.94. The van der Waals surface area contributed by atoms with Crippen molar-refractivity contribution in [2.45, 2.75) is 52.2 Å². The number of unbranched alkanes of at least 4 members (excludes halogenated alkanes) is 2. The van der Waals surface area contributed by atoms with Crippen molar-refractivity contribution in [3.63, 3.8) is 0 Å². The van der Waals surface area contributed by atoms with Gasteiger partial charge in [0, 0.05) is 19.4 Å². The Bertz CT molecular complexity index is 336. The third kappa shape index (κ3) is 8.06. The van der Waals surface area contributed by atoms with Gasteiger partial charge in [-0.3, -0.25) is 4.79 Å². The highest BCUT2D eigenvalue weighted by Crippen LogP contribution is 2.11. The molecule has 0 aromatic rings. The van der Waals surface area contributed by atoms with E-state index in [1.165, 1.54) is 0 Å². The molecule has 0 saturated heterocycles. The number of carbonyl (C=O) groups excluding carboxylic acids is 2. The lowest BCUT2D eigenvalue weighted by atomic mass is 10.2. The number of rotatable bonds is 10. The van der Waals surface area contributed by atoms with Crippen LogP contribution in [-0.2, 0) is 14.3 Å². The van der Waals surface area contributed by atoms with Crippen molar-refractivity contribution in [2.75, 3.05) is 13.2 Å². The van der Waals surface area contributed by atoms with E-state index >= 15 is 0 Å². The van der Waals surface area contributed by atoms with Crippen LogP contribution in [0.5, 0.6) is 0 Å². The quantitative estimate of drug-likeness (QED) is 0.270.